The second kappa shape index (κ2) is 7.14. The molecule has 6 nitrogen and oxygen atoms in total. The Morgan fingerprint density at radius 3 is 2.76 bits per heavy atom. The van der Waals surface area contributed by atoms with Crippen molar-refractivity contribution < 1.29 is 24.0 Å². The molecule has 7 heteroatoms. The van der Waals surface area contributed by atoms with E-state index in [-0.39, 0.29) is 37.4 Å². The van der Waals surface area contributed by atoms with E-state index < -0.39 is 0 Å². The minimum absolute atomic E-state index is 0.0638. The Bertz CT molecular complexity index is 507. The summed E-state index contributed by atoms with van der Waals surface area (Å²) in [6, 6.07) is 5.66. The topological polar surface area (TPSA) is 66.5 Å². The molecule has 0 aromatic heterocycles. The van der Waals surface area contributed by atoms with Gasteiger partial charge >= 0.3 is 0 Å². The first-order valence-corrected chi connectivity index (χ1v) is 6.76. The Balaban J connectivity index is 1.90. The third-order valence-corrected chi connectivity index (χ3v) is 3.28. The number of benzene rings is 1. The van der Waals surface area contributed by atoms with Crippen LogP contribution in [0.3, 0.4) is 0 Å². The van der Waals surface area contributed by atoms with Gasteiger partial charge < -0.3 is 15.0 Å². The number of carbonyl (C=O) groups is 2. The number of ether oxygens (including phenoxy) is 1. The number of carbonyl (C=O) groups excluding carboxylic acids is 2. The molecule has 114 valence electrons. The van der Waals surface area contributed by atoms with Crippen LogP contribution in [-0.4, -0.2) is 56.7 Å². The van der Waals surface area contributed by atoms with Crippen LogP contribution >= 0.6 is 0 Å². The van der Waals surface area contributed by atoms with Gasteiger partial charge in [-0.1, -0.05) is 0 Å². The summed E-state index contributed by atoms with van der Waals surface area (Å²) >= 11 is 0. The first kappa shape index (κ1) is 15.4. The van der Waals surface area contributed by atoms with Crippen molar-refractivity contribution in [3.8, 4) is 0 Å². The number of quaternary nitrogens is 1. The quantitative estimate of drug-likeness (QED) is 0.697. The molecule has 0 saturated carbocycles. The summed E-state index contributed by atoms with van der Waals surface area (Å²) in [4.78, 5) is 26.9. The van der Waals surface area contributed by atoms with Gasteiger partial charge in [0, 0.05) is 12.8 Å². The van der Waals surface area contributed by atoms with Crippen LogP contribution in [0.5, 0.6) is 0 Å². The predicted molar refractivity (Wildman–Crippen MR) is 74.0 cm³/mol. The normalized spacial score (nSPS) is 14.9. The lowest BCUT2D eigenvalue weighted by molar-refractivity contribution is -0.645. The zero-order valence-corrected chi connectivity index (χ0v) is 11.9. The standard InChI is InChI=1S/C14H18FN3O3/c1-21-7-6-16-8-13(19)17-9-14(20)18(10-17)12-4-2-11(15)3-5-12/h2-5,16H,6-10H2,1H3/p+1. The molecule has 1 heterocycles. The van der Waals surface area contributed by atoms with Gasteiger partial charge in [-0.2, -0.15) is 0 Å². The summed E-state index contributed by atoms with van der Waals surface area (Å²) in [6.45, 7) is 1.84. The first-order valence-electron chi connectivity index (χ1n) is 6.76. The van der Waals surface area contributed by atoms with Crippen LogP contribution in [0.25, 0.3) is 0 Å². The summed E-state index contributed by atoms with van der Waals surface area (Å²) in [5, 5.41) is 1.84. The zero-order chi connectivity index (χ0) is 15.2. The van der Waals surface area contributed by atoms with Crippen molar-refractivity contribution in [2.75, 3.05) is 44.9 Å². The van der Waals surface area contributed by atoms with Crippen LogP contribution in [0.4, 0.5) is 10.1 Å². The van der Waals surface area contributed by atoms with Crippen molar-refractivity contribution >= 4 is 17.5 Å². The number of anilines is 1. The molecule has 0 aliphatic carbocycles. The largest absolute Gasteiger partial charge is 0.379 e. The predicted octanol–water partition coefficient (Wildman–Crippen LogP) is -0.832. The lowest BCUT2D eigenvalue weighted by Gasteiger charge is -2.17. The van der Waals surface area contributed by atoms with Gasteiger partial charge in [-0.25, -0.2) is 4.39 Å². The Hall–Kier alpha value is -1.99. The molecule has 1 fully saturated rings. The summed E-state index contributed by atoms with van der Waals surface area (Å²) < 4.78 is 17.8. The van der Waals surface area contributed by atoms with E-state index in [2.05, 4.69) is 0 Å². The fourth-order valence-electron chi connectivity index (χ4n) is 2.12. The maximum Gasteiger partial charge on any atom is 0.279 e. The third kappa shape index (κ3) is 3.99. The second-order valence-electron chi connectivity index (χ2n) is 4.81. The molecule has 0 radical (unpaired) electrons. The number of rotatable bonds is 6. The van der Waals surface area contributed by atoms with E-state index in [0.29, 0.717) is 18.8 Å². The molecule has 1 aromatic carbocycles. The van der Waals surface area contributed by atoms with E-state index in [1.165, 1.54) is 34.1 Å². The van der Waals surface area contributed by atoms with Crippen LogP contribution < -0.4 is 10.2 Å². The molecule has 0 unspecified atom stereocenters. The molecule has 1 aliphatic rings. The summed E-state index contributed by atoms with van der Waals surface area (Å²) in [7, 11) is 1.61. The van der Waals surface area contributed by atoms with E-state index >= 15 is 0 Å². The number of hydrogen-bond donors (Lipinski definition) is 1. The van der Waals surface area contributed by atoms with Gasteiger partial charge in [0.15, 0.2) is 6.54 Å². The minimum Gasteiger partial charge on any atom is -0.379 e. The highest BCUT2D eigenvalue weighted by atomic mass is 19.1. The fourth-order valence-corrected chi connectivity index (χ4v) is 2.12. The number of nitrogens with zero attached hydrogens (tertiary/aromatic N) is 2. The van der Waals surface area contributed by atoms with E-state index in [1.807, 2.05) is 5.32 Å². The monoisotopic (exact) mass is 296 g/mol. The highest BCUT2D eigenvalue weighted by Gasteiger charge is 2.32. The van der Waals surface area contributed by atoms with Crippen molar-refractivity contribution in [2.24, 2.45) is 0 Å². The van der Waals surface area contributed by atoms with Crippen LogP contribution in [0.2, 0.25) is 0 Å². The van der Waals surface area contributed by atoms with E-state index in [0.717, 1.165) is 0 Å². The highest BCUT2D eigenvalue weighted by molar-refractivity contribution is 6.00. The maximum atomic E-state index is 12.9. The van der Waals surface area contributed by atoms with Gasteiger partial charge in [0.05, 0.1) is 13.2 Å². The first-order chi connectivity index (χ1) is 10.1. The molecule has 0 bridgehead atoms. The molecule has 2 rings (SSSR count). The number of nitrogens with two attached hydrogens (primary N) is 1. The second-order valence-corrected chi connectivity index (χ2v) is 4.81. The third-order valence-electron chi connectivity index (χ3n) is 3.28. The molecule has 2 amide bonds. The van der Waals surface area contributed by atoms with E-state index in [9.17, 15) is 14.0 Å². The molecule has 2 N–H and O–H groups in total. The molecule has 0 atom stereocenters. The van der Waals surface area contributed by atoms with Gasteiger partial charge in [-0.15, -0.1) is 0 Å². The van der Waals surface area contributed by atoms with E-state index in [1.54, 1.807) is 7.11 Å². The van der Waals surface area contributed by atoms with Crippen molar-refractivity contribution in [2.45, 2.75) is 0 Å². The van der Waals surface area contributed by atoms with Crippen LogP contribution in [-0.2, 0) is 14.3 Å². The van der Waals surface area contributed by atoms with Crippen molar-refractivity contribution in [3.05, 3.63) is 30.1 Å². The smallest absolute Gasteiger partial charge is 0.279 e. The lowest BCUT2D eigenvalue weighted by Crippen LogP contribution is -2.87. The molecule has 1 aliphatic heterocycles. The van der Waals surface area contributed by atoms with E-state index in [4.69, 9.17) is 4.74 Å². The Kier molecular flexibility index (Phi) is 5.24. The average molecular weight is 296 g/mol. The fraction of sp³-hybridized carbons (Fsp3) is 0.429. The number of halogens is 1. The summed E-state index contributed by atoms with van der Waals surface area (Å²) in [5.74, 6) is -0.609. The van der Waals surface area contributed by atoms with Gasteiger partial charge in [0.25, 0.3) is 5.91 Å². The Labute approximate surface area is 122 Å². The van der Waals surface area contributed by atoms with Crippen molar-refractivity contribution in [3.63, 3.8) is 0 Å². The SMILES string of the molecule is COCC[NH2+]CC(=O)N1CC(=O)N(c2ccc(F)cc2)C1. The molecule has 1 saturated heterocycles. The van der Waals surface area contributed by atoms with Gasteiger partial charge in [-0.05, 0) is 24.3 Å². The highest BCUT2D eigenvalue weighted by Crippen LogP contribution is 2.19. The average Bonchev–Trinajstić information content (AvgIpc) is 2.86. The Morgan fingerprint density at radius 2 is 2.10 bits per heavy atom. The lowest BCUT2D eigenvalue weighted by atomic mass is 10.3. The number of amides is 2. The molecule has 21 heavy (non-hydrogen) atoms. The molecule has 0 spiro atoms. The summed E-state index contributed by atoms with van der Waals surface area (Å²) in [6.07, 6.45) is 0. The van der Waals surface area contributed by atoms with Crippen LogP contribution in [0, 0.1) is 5.82 Å². The van der Waals surface area contributed by atoms with Crippen LogP contribution in [0.15, 0.2) is 24.3 Å². The molecular weight excluding hydrogens is 277 g/mol. The van der Waals surface area contributed by atoms with Gasteiger partial charge in [0.1, 0.15) is 19.0 Å². The Morgan fingerprint density at radius 1 is 1.38 bits per heavy atom. The van der Waals surface area contributed by atoms with Crippen LogP contribution in [0.1, 0.15) is 0 Å². The van der Waals surface area contributed by atoms with Crippen molar-refractivity contribution in [1.82, 2.24) is 4.90 Å². The summed E-state index contributed by atoms with van der Waals surface area (Å²) in [5.41, 5.74) is 0.597. The number of hydrogen-bond acceptors (Lipinski definition) is 3. The van der Waals surface area contributed by atoms with Gasteiger partial charge in [-0.3, -0.25) is 14.5 Å². The number of methoxy groups -OCH3 is 1. The zero-order valence-electron chi connectivity index (χ0n) is 11.9. The van der Waals surface area contributed by atoms with Crippen molar-refractivity contribution in [1.29, 1.82) is 0 Å². The molecule has 1 aromatic rings. The maximum absolute atomic E-state index is 12.9. The minimum atomic E-state index is -0.355. The molecular formula is C14H19FN3O3+. The van der Waals surface area contributed by atoms with Gasteiger partial charge in [0.2, 0.25) is 5.91 Å².